The van der Waals surface area contributed by atoms with Crippen LogP contribution in [0.25, 0.3) is 10.9 Å². The third-order valence-corrected chi connectivity index (χ3v) is 4.65. The van der Waals surface area contributed by atoms with Crippen LogP contribution in [0.1, 0.15) is 43.1 Å². The first-order chi connectivity index (χ1) is 14.1. The number of hydrogen-bond acceptors (Lipinski definition) is 4. The lowest BCUT2D eigenvalue weighted by atomic mass is 10.1. The van der Waals surface area contributed by atoms with Gasteiger partial charge in [0.05, 0.1) is 17.2 Å². The molecule has 0 aliphatic heterocycles. The minimum absolute atomic E-state index is 0.0995. The number of nitrogens with zero attached hydrogens (tertiary/aromatic N) is 1. The van der Waals surface area contributed by atoms with E-state index in [2.05, 4.69) is 34.7 Å². The van der Waals surface area contributed by atoms with Crippen molar-refractivity contribution in [3.63, 3.8) is 0 Å². The fourth-order valence-electron chi connectivity index (χ4n) is 3.09. The number of ether oxygens (including phenoxy) is 1. The minimum atomic E-state index is -0.0995. The highest BCUT2D eigenvalue weighted by molar-refractivity contribution is 6.07. The van der Waals surface area contributed by atoms with Gasteiger partial charge < -0.3 is 15.4 Å². The molecule has 1 aromatic heterocycles. The summed E-state index contributed by atoms with van der Waals surface area (Å²) in [5, 5.41) is 7.16. The molecule has 0 fully saturated rings. The normalized spacial score (nSPS) is 11.0. The summed E-state index contributed by atoms with van der Waals surface area (Å²) >= 11 is 0. The van der Waals surface area contributed by atoms with Crippen LogP contribution in [0.3, 0.4) is 0 Å². The average Bonchev–Trinajstić information content (AvgIpc) is 2.73. The van der Waals surface area contributed by atoms with Crippen LogP contribution in [-0.2, 0) is 11.2 Å². The predicted molar refractivity (Wildman–Crippen MR) is 119 cm³/mol. The molecule has 0 atom stereocenters. The second kappa shape index (κ2) is 10.0. The molecule has 1 heterocycles. The van der Waals surface area contributed by atoms with Gasteiger partial charge in [0.1, 0.15) is 5.82 Å². The van der Waals surface area contributed by atoms with E-state index in [0.717, 1.165) is 29.4 Å². The van der Waals surface area contributed by atoms with E-state index in [1.165, 1.54) is 5.56 Å². The predicted octanol–water partition coefficient (Wildman–Crippen LogP) is 5.09. The maximum Gasteiger partial charge on any atom is 0.252 e. The van der Waals surface area contributed by atoms with Gasteiger partial charge in [-0.3, -0.25) is 4.79 Å². The third kappa shape index (κ3) is 5.78. The van der Waals surface area contributed by atoms with Crippen molar-refractivity contribution in [1.29, 1.82) is 0 Å². The van der Waals surface area contributed by atoms with Gasteiger partial charge in [-0.15, -0.1) is 0 Å². The summed E-state index contributed by atoms with van der Waals surface area (Å²) in [7, 11) is 0. The monoisotopic (exact) mass is 391 g/mol. The van der Waals surface area contributed by atoms with Gasteiger partial charge in [-0.25, -0.2) is 4.98 Å². The first-order valence-corrected chi connectivity index (χ1v) is 10.2. The van der Waals surface area contributed by atoms with Gasteiger partial charge in [-0.1, -0.05) is 37.3 Å². The molecule has 5 nitrogen and oxygen atoms in total. The van der Waals surface area contributed by atoms with Crippen molar-refractivity contribution in [2.45, 2.75) is 39.7 Å². The molecule has 0 saturated heterocycles. The third-order valence-electron chi connectivity index (χ3n) is 4.65. The van der Waals surface area contributed by atoms with E-state index in [0.29, 0.717) is 24.5 Å². The van der Waals surface area contributed by atoms with Crippen LogP contribution in [0, 0.1) is 0 Å². The highest BCUT2D eigenvalue weighted by Crippen LogP contribution is 2.23. The first-order valence-electron chi connectivity index (χ1n) is 10.2. The first kappa shape index (κ1) is 20.8. The lowest BCUT2D eigenvalue weighted by Crippen LogP contribution is -2.26. The highest BCUT2D eigenvalue weighted by atomic mass is 16.5. The number of para-hydroxylation sites is 1. The molecule has 1 amide bonds. The van der Waals surface area contributed by atoms with Crippen LogP contribution >= 0.6 is 0 Å². The number of benzene rings is 2. The van der Waals surface area contributed by atoms with E-state index in [1.807, 2.05) is 56.3 Å². The zero-order valence-electron chi connectivity index (χ0n) is 17.4. The van der Waals surface area contributed by atoms with Crippen molar-refractivity contribution in [1.82, 2.24) is 10.3 Å². The van der Waals surface area contributed by atoms with Gasteiger partial charge in [0, 0.05) is 24.2 Å². The minimum Gasteiger partial charge on any atom is -0.379 e. The molecule has 2 aromatic carbocycles. The number of aromatic nitrogens is 1. The Kier molecular flexibility index (Phi) is 7.19. The number of pyridine rings is 1. The molecular formula is C24H29N3O2. The Labute approximate surface area is 172 Å². The number of carbonyl (C=O) groups is 1. The summed E-state index contributed by atoms with van der Waals surface area (Å²) < 4.78 is 5.53. The van der Waals surface area contributed by atoms with Crippen LogP contribution in [0.15, 0.2) is 54.6 Å². The van der Waals surface area contributed by atoms with E-state index in [4.69, 9.17) is 4.74 Å². The standard InChI is InChI=1S/C24H29N3O2/c1-4-18-10-12-19(13-11-18)26-23-16-21(20-8-5-6-9-22(20)27-23)24(28)25-14-7-15-29-17(2)3/h5-6,8-13,16-17H,4,7,14-15H2,1-3H3,(H,25,28)(H,26,27). The fraction of sp³-hybridized carbons (Fsp3) is 0.333. The van der Waals surface area contributed by atoms with Crippen molar-refractivity contribution in [3.8, 4) is 0 Å². The lowest BCUT2D eigenvalue weighted by Gasteiger charge is -2.12. The maximum absolute atomic E-state index is 12.8. The molecule has 3 aromatic rings. The number of nitrogens with one attached hydrogen (secondary N) is 2. The fourth-order valence-corrected chi connectivity index (χ4v) is 3.09. The van der Waals surface area contributed by atoms with Gasteiger partial charge in [0.15, 0.2) is 0 Å². The zero-order chi connectivity index (χ0) is 20.6. The van der Waals surface area contributed by atoms with Gasteiger partial charge >= 0.3 is 0 Å². The summed E-state index contributed by atoms with van der Waals surface area (Å²) in [4.78, 5) is 17.5. The molecule has 0 aliphatic rings. The van der Waals surface area contributed by atoms with E-state index < -0.39 is 0 Å². The Morgan fingerprint density at radius 2 is 1.86 bits per heavy atom. The Morgan fingerprint density at radius 3 is 2.59 bits per heavy atom. The van der Waals surface area contributed by atoms with Crippen molar-refractivity contribution in [3.05, 3.63) is 65.7 Å². The van der Waals surface area contributed by atoms with E-state index in [1.54, 1.807) is 0 Å². The molecule has 0 aliphatic carbocycles. The van der Waals surface area contributed by atoms with Crippen LogP contribution in [0.4, 0.5) is 11.5 Å². The van der Waals surface area contributed by atoms with Crippen molar-refractivity contribution in [2.75, 3.05) is 18.5 Å². The molecule has 152 valence electrons. The summed E-state index contributed by atoms with van der Waals surface area (Å²) in [6.07, 6.45) is 1.98. The van der Waals surface area contributed by atoms with Crippen LogP contribution in [0.2, 0.25) is 0 Å². The molecule has 29 heavy (non-hydrogen) atoms. The Morgan fingerprint density at radius 1 is 1.10 bits per heavy atom. The lowest BCUT2D eigenvalue weighted by molar-refractivity contribution is 0.0757. The molecule has 0 unspecified atom stereocenters. The van der Waals surface area contributed by atoms with Gasteiger partial charge in [-0.05, 0) is 56.5 Å². The zero-order valence-corrected chi connectivity index (χ0v) is 17.4. The van der Waals surface area contributed by atoms with Crippen LogP contribution in [-0.4, -0.2) is 30.1 Å². The van der Waals surface area contributed by atoms with Crippen LogP contribution < -0.4 is 10.6 Å². The molecule has 3 rings (SSSR count). The smallest absolute Gasteiger partial charge is 0.252 e. The summed E-state index contributed by atoms with van der Waals surface area (Å²) in [5.74, 6) is 0.554. The van der Waals surface area contributed by atoms with Crippen molar-refractivity contribution < 1.29 is 9.53 Å². The number of anilines is 2. The molecule has 0 bridgehead atoms. The number of hydrogen-bond donors (Lipinski definition) is 2. The average molecular weight is 392 g/mol. The van der Waals surface area contributed by atoms with Crippen molar-refractivity contribution >= 4 is 28.3 Å². The molecule has 0 radical (unpaired) electrons. The maximum atomic E-state index is 12.8. The quantitative estimate of drug-likeness (QED) is 0.499. The van der Waals surface area contributed by atoms with Gasteiger partial charge in [-0.2, -0.15) is 0 Å². The number of amides is 1. The molecule has 2 N–H and O–H groups in total. The highest BCUT2D eigenvalue weighted by Gasteiger charge is 2.13. The Hall–Kier alpha value is -2.92. The van der Waals surface area contributed by atoms with E-state index in [9.17, 15) is 4.79 Å². The summed E-state index contributed by atoms with van der Waals surface area (Å²) in [5.41, 5.74) is 3.63. The largest absolute Gasteiger partial charge is 0.379 e. The molecule has 0 saturated carbocycles. The second-order valence-corrected chi connectivity index (χ2v) is 7.28. The Balaban J connectivity index is 1.77. The number of aryl methyl sites for hydroxylation is 1. The summed E-state index contributed by atoms with van der Waals surface area (Å²) in [6, 6.07) is 17.8. The van der Waals surface area contributed by atoms with Crippen molar-refractivity contribution in [2.24, 2.45) is 0 Å². The Bertz CT molecular complexity index is 952. The molecule has 0 spiro atoms. The molecular weight excluding hydrogens is 362 g/mol. The number of fused-ring (bicyclic) bond motifs is 1. The number of rotatable bonds is 9. The summed E-state index contributed by atoms with van der Waals surface area (Å²) in [6.45, 7) is 7.35. The number of carbonyl (C=O) groups excluding carboxylic acids is 1. The molecule has 5 heteroatoms. The van der Waals surface area contributed by atoms with Gasteiger partial charge in [0.25, 0.3) is 5.91 Å². The van der Waals surface area contributed by atoms with E-state index >= 15 is 0 Å². The van der Waals surface area contributed by atoms with Crippen LogP contribution in [0.5, 0.6) is 0 Å². The topological polar surface area (TPSA) is 63.2 Å². The second-order valence-electron chi connectivity index (χ2n) is 7.28. The SMILES string of the molecule is CCc1ccc(Nc2cc(C(=O)NCCCOC(C)C)c3ccccc3n2)cc1. The van der Waals surface area contributed by atoms with Gasteiger partial charge in [0.2, 0.25) is 0 Å². The van der Waals surface area contributed by atoms with E-state index in [-0.39, 0.29) is 12.0 Å².